The Morgan fingerprint density at radius 2 is 2.38 bits per heavy atom. The molecule has 16 heavy (non-hydrogen) atoms. The first-order valence-electron chi connectivity index (χ1n) is 4.92. The number of amides is 1. The normalized spacial score (nSPS) is 17.9. The predicted octanol–water partition coefficient (Wildman–Crippen LogP) is 1.75. The third kappa shape index (κ3) is 2.23. The number of hydrogen-bond acceptors (Lipinski definition) is 3. The lowest BCUT2D eigenvalue weighted by Gasteiger charge is -2.21. The van der Waals surface area contributed by atoms with Crippen LogP contribution in [0.1, 0.15) is 18.0 Å². The molecule has 4 nitrogen and oxygen atoms in total. The van der Waals surface area contributed by atoms with Crippen LogP contribution in [0, 0.1) is 11.3 Å². The van der Waals surface area contributed by atoms with Crippen LogP contribution in [-0.2, 0) is 4.79 Å². The summed E-state index contributed by atoms with van der Waals surface area (Å²) in [5, 5.41) is 10.8. The number of nitrogens with zero attached hydrogens (tertiary/aromatic N) is 2. The molecule has 1 fully saturated rings. The summed E-state index contributed by atoms with van der Waals surface area (Å²) in [5.41, 5.74) is 3.55. The van der Waals surface area contributed by atoms with Gasteiger partial charge in [-0.2, -0.15) is 10.3 Å². The van der Waals surface area contributed by atoms with E-state index in [9.17, 15) is 4.79 Å². The van der Waals surface area contributed by atoms with Gasteiger partial charge in [-0.3, -0.25) is 10.2 Å². The van der Waals surface area contributed by atoms with Crippen molar-refractivity contribution in [2.24, 2.45) is 0 Å². The molecule has 1 N–H and O–H groups in total. The first-order chi connectivity index (χ1) is 7.70. The summed E-state index contributed by atoms with van der Waals surface area (Å²) in [6, 6.07) is 9.32. The zero-order valence-electron chi connectivity index (χ0n) is 8.48. The highest BCUT2D eigenvalue weighted by atomic mass is 79.9. The lowest BCUT2D eigenvalue weighted by molar-refractivity contribution is -0.121. The topological polar surface area (TPSA) is 56.1 Å². The van der Waals surface area contributed by atoms with Gasteiger partial charge in [0.25, 0.3) is 0 Å². The highest BCUT2D eigenvalue weighted by molar-refractivity contribution is 9.10. The number of halogens is 1. The van der Waals surface area contributed by atoms with Crippen LogP contribution in [0.5, 0.6) is 0 Å². The Bertz CT molecular complexity index is 455. The monoisotopic (exact) mass is 279 g/mol. The minimum Gasteiger partial charge on any atom is -0.287 e. The van der Waals surface area contributed by atoms with Crippen LogP contribution in [0.4, 0.5) is 0 Å². The van der Waals surface area contributed by atoms with E-state index in [0.717, 1.165) is 10.0 Å². The summed E-state index contributed by atoms with van der Waals surface area (Å²) >= 11 is 3.36. The first kappa shape index (κ1) is 11.1. The fraction of sp³-hybridized carbons (Fsp3) is 0.273. The maximum Gasteiger partial charge on any atom is 0.235 e. The zero-order valence-corrected chi connectivity index (χ0v) is 10.1. The van der Waals surface area contributed by atoms with Crippen molar-refractivity contribution in [1.29, 1.82) is 5.26 Å². The molecule has 1 aromatic rings. The van der Waals surface area contributed by atoms with Crippen molar-refractivity contribution in [3.05, 3.63) is 34.3 Å². The molecule has 0 spiro atoms. The minimum atomic E-state index is -0.427. The largest absolute Gasteiger partial charge is 0.287 e. The number of hydrogen-bond donors (Lipinski definition) is 1. The van der Waals surface area contributed by atoms with Crippen LogP contribution in [0.15, 0.2) is 28.7 Å². The maximum absolute atomic E-state index is 11.1. The molecule has 1 unspecified atom stereocenters. The van der Waals surface area contributed by atoms with Gasteiger partial charge >= 0.3 is 0 Å². The van der Waals surface area contributed by atoms with Crippen molar-refractivity contribution in [3.63, 3.8) is 0 Å². The smallest absolute Gasteiger partial charge is 0.235 e. The second-order valence-electron chi connectivity index (χ2n) is 3.57. The van der Waals surface area contributed by atoms with Gasteiger partial charge in [0.05, 0.1) is 6.07 Å². The van der Waals surface area contributed by atoms with E-state index in [0.29, 0.717) is 13.0 Å². The number of benzene rings is 1. The molecule has 0 aliphatic carbocycles. The summed E-state index contributed by atoms with van der Waals surface area (Å²) in [7, 11) is 0. The van der Waals surface area contributed by atoms with E-state index in [4.69, 9.17) is 5.26 Å². The molecule has 1 saturated heterocycles. The van der Waals surface area contributed by atoms with E-state index in [1.165, 1.54) is 0 Å². The Kier molecular flexibility index (Phi) is 3.22. The summed E-state index contributed by atoms with van der Waals surface area (Å²) in [5.74, 6) is -0.0322. The molecule has 0 saturated carbocycles. The second-order valence-corrected chi connectivity index (χ2v) is 4.48. The van der Waals surface area contributed by atoms with E-state index < -0.39 is 6.04 Å². The first-order valence-corrected chi connectivity index (χ1v) is 5.71. The van der Waals surface area contributed by atoms with E-state index >= 15 is 0 Å². The molecule has 1 aliphatic heterocycles. The van der Waals surface area contributed by atoms with Crippen molar-refractivity contribution < 1.29 is 4.79 Å². The lowest BCUT2D eigenvalue weighted by Crippen LogP contribution is -2.36. The molecule has 0 aromatic heterocycles. The Hall–Kier alpha value is -1.38. The summed E-state index contributed by atoms with van der Waals surface area (Å²) in [4.78, 5) is 11.1. The second kappa shape index (κ2) is 4.64. The fourth-order valence-electron chi connectivity index (χ4n) is 1.69. The molecule has 1 aromatic carbocycles. The predicted molar refractivity (Wildman–Crippen MR) is 62.0 cm³/mol. The number of nitrogens with one attached hydrogen (secondary N) is 1. The van der Waals surface area contributed by atoms with Gasteiger partial charge in [0, 0.05) is 17.4 Å². The van der Waals surface area contributed by atoms with E-state index in [1.807, 2.05) is 24.3 Å². The van der Waals surface area contributed by atoms with Gasteiger partial charge in [-0.1, -0.05) is 28.1 Å². The van der Waals surface area contributed by atoms with Gasteiger partial charge in [0.2, 0.25) is 5.91 Å². The van der Waals surface area contributed by atoms with Gasteiger partial charge in [-0.15, -0.1) is 0 Å². The average molecular weight is 280 g/mol. The molecule has 0 bridgehead atoms. The third-order valence-corrected chi connectivity index (χ3v) is 2.94. The van der Waals surface area contributed by atoms with Crippen LogP contribution < -0.4 is 5.43 Å². The Labute approximate surface area is 102 Å². The summed E-state index contributed by atoms with van der Waals surface area (Å²) in [6.45, 7) is 0.573. The van der Waals surface area contributed by atoms with Crippen molar-refractivity contribution in [1.82, 2.24) is 10.4 Å². The van der Waals surface area contributed by atoms with E-state index in [-0.39, 0.29) is 5.91 Å². The standard InChI is InChI=1S/C11H10BrN3O/c12-9-3-1-2-8(6-9)10(7-13)15-5-4-11(16)14-15/h1-3,6,10H,4-5H2,(H,14,16). The van der Waals surface area contributed by atoms with Crippen LogP contribution in [-0.4, -0.2) is 17.5 Å². The Morgan fingerprint density at radius 1 is 1.56 bits per heavy atom. The van der Waals surface area contributed by atoms with E-state index in [1.54, 1.807) is 5.01 Å². The van der Waals surface area contributed by atoms with Crippen LogP contribution in [0.2, 0.25) is 0 Å². The molecular weight excluding hydrogens is 270 g/mol. The van der Waals surface area contributed by atoms with Gasteiger partial charge in [-0.05, 0) is 17.7 Å². The fourth-order valence-corrected chi connectivity index (χ4v) is 2.11. The zero-order chi connectivity index (χ0) is 11.5. The molecule has 1 atom stereocenters. The minimum absolute atomic E-state index is 0.0322. The van der Waals surface area contributed by atoms with Crippen LogP contribution >= 0.6 is 15.9 Å². The van der Waals surface area contributed by atoms with Crippen LogP contribution in [0.3, 0.4) is 0 Å². The molecule has 5 heteroatoms. The quantitative estimate of drug-likeness (QED) is 0.898. The summed E-state index contributed by atoms with van der Waals surface area (Å²) < 4.78 is 0.927. The SMILES string of the molecule is N#CC(c1cccc(Br)c1)N1CCC(=O)N1. The van der Waals surface area contributed by atoms with Crippen molar-refractivity contribution in [2.75, 3.05) is 6.54 Å². The number of carbonyl (C=O) groups excluding carboxylic acids is 1. The number of hydrazine groups is 1. The Balaban J connectivity index is 2.23. The molecule has 1 aliphatic rings. The van der Waals surface area contributed by atoms with Crippen molar-refractivity contribution >= 4 is 21.8 Å². The van der Waals surface area contributed by atoms with Gasteiger partial charge in [0.1, 0.15) is 6.04 Å². The van der Waals surface area contributed by atoms with Crippen molar-refractivity contribution in [3.8, 4) is 6.07 Å². The van der Waals surface area contributed by atoms with Gasteiger partial charge < -0.3 is 0 Å². The number of nitriles is 1. The average Bonchev–Trinajstić information content (AvgIpc) is 2.66. The molecule has 1 heterocycles. The molecular formula is C11H10BrN3O. The summed E-state index contributed by atoms with van der Waals surface area (Å²) in [6.07, 6.45) is 0.451. The highest BCUT2D eigenvalue weighted by Gasteiger charge is 2.27. The molecule has 2 rings (SSSR count). The maximum atomic E-state index is 11.1. The van der Waals surface area contributed by atoms with E-state index in [2.05, 4.69) is 27.4 Å². The van der Waals surface area contributed by atoms with Crippen LogP contribution in [0.25, 0.3) is 0 Å². The molecule has 0 radical (unpaired) electrons. The molecule has 1 amide bonds. The highest BCUT2D eigenvalue weighted by Crippen LogP contribution is 2.23. The Morgan fingerprint density at radius 3 is 2.94 bits per heavy atom. The van der Waals surface area contributed by atoms with Gasteiger partial charge in [0.15, 0.2) is 0 Å². The van der Waals surface area contributed by atoms with Gasteiger partial charge in [-0.25, -0.2) is 0 Å². The lowest BCUT2D eigenvalue weighted by atomic mass is 10.1. The number of carbonyl (C=O) groups is 1. The third-order valence-electron chi connectivity index (χ3n) is 2.45. The molecule has 82 valence electrons. The number of rotatable bonds is 2. The van der Waals surface area contributed by atoms with Crippen molar-refractivity contribution in [2.45, 2.75) is 12.5 Å².